The van der Waals surface area contributed by atoms with Crippen LogP contribution in [-0.2, 0) is 9.59 Å². The van der Waals surface area contributed by atoms with Crippen LogP contribution in [0.2, 0.25) is 5.02 Å². The van der Waals surface area contributed by atoms with Crippen molar-refractivity contribution < 1.29 is 14.0 Å². The van der Waals surface area contributed by atoms with Crippen LogP contribution < -0.4 is 5.32 Å². The van der Waals surface area contributed by atoms with Crippen molar-refractivity contribution in [2.75, 3.05) is 25.0 Å². The SMILES string of the molecule is O=CC1CCCN(CC(=O)Nc2ccc(F)cc2Cl)C1. The van der Waals surface area contributed by atoms with Crippen LogP contribution in [0.1, 0.15) is 12.8 Å². The number of benzene rings is 1. The third kappa shape index (κ3) is 4.02. The van der Waals surface area contributed by atoms with Gasteiger partial charge in [0.15, 0.2) is 0 Å². The largest absolute Gasteiger partial charge is 0.324 e. The topological polar surface area (TPSA) is 49.4 Å². The summed E-state index contributed by atoms with van der Waals surface area (Å²) in [6.45, 7) is 1.61. The van der Waals surface area contributed by atoms with Gasteiger partial charge in [-0.05, 0) is 37.6 Å². The molecule has 0 aromatic heterocycles. The van der Waals surface area contributed by atoms with E-state index in [1.54, 1.807) is 0 Å². The van der Waals surface area contributed by atoms with Gasteiger partial charge in [-0.3, -0.25) is 9.69 Å². The number of nitrogens with zero attached hydrogens (tertiary/aromatic N) is 1. The van der Waals surface area contributed by atoms with Crippen molar-refractivity contribution in [2.24, 2.45) is 5.92 Å². The van der Waals surface area contributed by atoms with Gasteiger partial charge in [0.25, 0.3) is 0 Å². The summed E-state index contributed by atoms with van der Waals surface area (Å²) in [6, 6.07) is 3.82. The number of carbonyl (C=O) groups excluding carboxylic acids is 2. The Labute approximate surface area is 121 Å². The second-order valence-corrected chi connectivity index (χ2v) is 5.35. The van der Waals surface area contributed by atoms with E-state index in [1.807, 2.05) is 4.90 Å². The second kappa shape index (κ2) is 6.81. The Morgan fingerprint density at radius 3 is 3.05 bits per heavy atom. The molecule has 1 aliphatic rings. The van der Waals surface area contributed by atoms with E-state index < -0.39 is 5.82 Å². The predicted molar refractivity (Wildman–Crippen MR) is 75.3 cm³/mol. The average molecular weight is 299 g/mol. The summed E-state index contributed by atoms with van der Waals surface area (Å²) in [5.41, 5.74) is 0.391. The number of carbonyl (C=O) groups is 2. The number of anilines is 1. The van der Waals surface area contributed by atoms with Gasteiger partial charge in [0.2, 0.25) is 5.91 Å². The fraction of sp³-hybridized carbons (Fsp3) is 0.429. The molecule has 1 fully saturated rings. The number of likely N-dealkylation sites (tertiary alicyclic amines) is 1. The Hall–Kier alpha value is -1.46. The maximum Gasteiger partial charge on any atom is 0.238 e. The zero-order chi connectivity index (χ0) is 14.5. The van der Waals surface area contributed by atoms with Gasteiger partial charge < -0.3 is 10.1 Å². The fourth-order valence-corrected chi connectivity index (χ4v) is 2.54. The number of halogens is 2. The molecule has 1 aromatic carbocycles. The van der Waals surface area contributed by atoms with Crippen molar-refractivity contribution in [2.45, 2.75) is 12.8 Å². The Bertz CT molecular complexity index is 510. The first-order valence-corrected chi connectivity index (χ1v) is 6.89. The molecule has 1 saturated heterocycles. The molecule has 6 heteroatoms. The first-order chi connectivity index (χ1) is 9.58. The smallest absolute Gasteiger partial charge is 0.238 e. The summed E-state index contributed by atoms with van der Waals surface area (Å²) in [5.74, 6) is -0.658. The Morgan fingerprint density at radius 1 is 1.55 bits per heavy atom. The minimum Gasteiger partial charge on any atom is -0.324 e. The van der Waals surface area contributed by atoms with E-state index in [-0.39, 0.29) is 23.4 Å². The molecule has 0 bridgehead atoms. The predicted octanol–water partition coefficient (Wildman–Crippen LogP) is 2.33. The molecule has 0 radical (unpaired) electrons. The number of rotatable bonds is 4. The number of amides is 1. The highest BCUT2D eigenvalue weighted by atomic mass is 35.5. The number of piperidine rings is 1. The zero-order valence-electron chi connectivity index (χ0n) is 10.9. The van der Waals surface area contributed by atoms with Crippen molar-refractivity contribution in [1.29, 1.82) is 0 Å². The molecule has 2 rings (SSSR count). The van der Waals surface area contributed by atoms with E-state index >= 15 is 0 Å². The standard InChI is InChI=1S/C14H16ClFN2O2/c15-12-6-11(16)3-4-13(12)17-14(20)8-18-5-1-2-10(7-18)9-19/h3-4,6,9-10H,1-2,5,7-8H2,(H,17,20). The van der Waals surface area contributed by atoms with Gasteiger partial charge >= 0.3 is 0 Å². The van der Waals surface area contributed by atoms with Gasteiger partial charge in [0.05, 0.1) is 17.3 Å². The highest BCUT2D eigenvalue weighted by molar-refractivity contribution is 6.33. The summed E-state index contributed by atoms with van der Waals surface area (Å²) >= 11 is 5.85. The molecule has 0 spiro atoms. The summed E-state index contributed by atoms with van der Waals surface area (Å²) in [6.07, 6.45) is 2.74. The summed E-state index contributed by atoms with van der Waals surface area (Å²) in [7, 11) is 0. The highest BCUT2D eigenvalue weighted by Gasteiger charge is 2.21. The minimum atomic E-state index is -0.446. The molecule has 1 N–H and O–H groups in total. The lowest BCUT2D eigenvalue weighted by atomic mass is 10.00. The summed E-state index contributed by atoms with van der Waals surface area (Å²) in [4.78, 5) is 24.6. The van der Waals surface area contributed by atoms with Crippen LogP contribution in [-0.4, -0.2) is 36.7 Å². The minimum absolute atomic E-state index is 0.00552. The van der Waals surface area contributed by atoms with Gasteiger partial charge in [-0.2, -0.15) is 0 Å². The van der Waals surface area contributed by atoms with Crippen molar-refractivity contribution >= 4 is 29.5 Å². The second-order valence-electron chi connectivity index (χ2n) is 4.95. The van der Waals surface area contributed by atoms with Gasteiger partial charge in [0, 0.05) is 12.5 Å². The summed E-state index contributed by atoms with van der Waals surface area (Å²) in [5, 5.41) is 2.82. The third-order valence-electron chi connectivity index (χ3n) is 3.31. The van der Waals surface area contributed by atoms with E-state index in [0.717, 1.165) is 31.7 Å². The van der Waals surface area contributed by atoms with Crippen LogP contribution >= 0.6 is 11.6 Å². The Balaban J connectivity index is 1.90. The summed E-state index contributed by atoms with van der Waals surface area (Å²) < 4.78 is 12.9. The van der Waals surface area contributed by atoms with E-state index in [4.69, 9.17) is 11.6 Å². The van der Waals surface area contributed by atoms with Crippen LogP contribution in [0.3, 0.4) is 0 Å². The monoisotopic (exact) mass is 298 g/mol. The molecule has 20 heavy (non-hydrogen) atoms. The number of nitrogens with one attached hydrogen (secondary N) is 1. The van der Waals surface area contributed by atoms with E-state index in [0.29, 0.717) is 12.2 Å². The van der Waals surface area contributed by atoms with Crippen molar-refractivity contribution in [1.82, 2.24) is 4.90 Å². The van der Waals surface area contributed by atoms with Crippen LogP contribution in [0.5, 0.6) is 0 Å². The molecule has 1 unspecified atom stereocenters. The lowest BCUT2D eigenvalue weighted by molar-refractivity contribution is -0.119. The molecule has 108 valence electrons. The van der Waals surface area contributed by atoms with Gasteiger partial charge in [0.1, 0.15) is 12.1 Å². The van der Waals surface area contributed by atoms with Crippen molar-refractivity contribution in [3.63, 3.8) is 0 Å². The molecule has 0 saturated carbocycles. The van der Waals surface area contributed by atoms with Gasteiger partial charge in [-0.1, -0.05) is 11.6 Å². The molecule has 1 aliphatic heterocycles. The lowest BCUT2D eigenvalue weighted by Crippen LogP contribution is -2.40. The normalized spacial score (nSPS) is 19.6. The van der Waals surface area contributed by atoms with E-state index in [9.17, 15) is 14.0 Å². The number of hydrogen-bond donors (Lipinski definition) is 1. The van der Waals surface area contributed by atoms with Crippen molar-refractivity contribution in [3.8, 4) is 0 Å². The number of hydrogen-bond acceptors (Lipinski definition) is 3. The van der Waals surface area contributed by atoms with Crippen LogP contribution in [0.4, 0.5) is 10.1 Å². The molecule has 1 heterocycles. The molecule has 4 nitrogen and oxygen atoms in total. The van der Waals surface area contributed by atoms with Crippen molar-refractivity contribution in [3.05, 3.63) is 29.0 Å². The lowest BCUT2D eigenvalue weighted by Gasteiger charge is -2.29. The maximum atomic E-state index is 12.9. The number of aldehydes is 1. The van der Waals surface area contributed by atoms with Gasteiger partial charge in [-0.25, -0.2) is 4.39 Å². The molecule has 1 atom stereocenters. The molecule has 1 aromatic rings. The Kier molecular flexibility index (Phi) is 5.09. The third-order valence-corrected chi connectivity index (χ3v) is 3.62. The zero-order valence-corrected chi connectivity index (χ0v) is 11.7. The molecular formula is C14H16ClFN2O2. The molecule has 0 aliphatic carbocycles. The Morgan fingerprint density at radius 2 is 2.35 bits per heavy atom. The van der Waals surface area contributed by atoms with Crippen LogP contribution in [0.25, 0.3) is 0 Å². The first kappa shape index (κ1) is 14.9. The first-order valence-electron chi connectivity index (χ1n) is 6.51. The quantitative estimate of drug-likeness (QED) is 0.868. The van der Waals surface area contributed by atoms with Gasteiger partial charge in [-0.15, -0.1) is 0 Å². The maximum absolute atomic E-state index is 12.9. The molecule has 1 amide bonds. The molecular weight excluding hydrogens is 283 g/mol. The van der Waals surface area contributed by atoms with Crippen LogP contribution in [0.15, 0.2) is 18.2 Å². The van der Waals surface area contributed by atoms with Crippen LogP contribution in [0, 0.1) is 11.7 Å². The highest BCUT2D eigenvalue weighted by Crippen LogP contribution is 2.22. The fourth-order valence-electron chi connectivity index (χ4n) is 2.33. The average Bonchev–Trinajstić information content (AvgIpc) is 2.42. The van der Waals surface area contributed by atoms with E-state index in [1.165, 1.54) is 12.1 Å². The van der Waals surface area contributed by atoms with E-state index in [2.05, 4.69) is 5.32 Å².